The van der Waals surface area contributed by atoms with Crippen molar-refractivity contribution in [2.24, 2.45) is 5.92 Å². The molecule has 26 heavy (non-hydrogen) atoms. The molecule has 1 saturated heterocycles. The summed E-state index contributed by atoms with van der Waals surface area (Å²) in [5, 5.41) is 6.33. The smallest absolute Gasteiger partial charge is 0.224 e. The molecule has 1 aliphatic rings. The van der Waals surface area contributed by atoms with E-state index in [4.69, 9.17) is 4.74 Å². The summed E-state index contributed by atoms with van der Waals surface area (Å²) >= 11 is 0. The zero-order valence-corrected chi connectivity index (χ0v) is 16.1. The Balaban J connectivity index is 0.00000243. The molecule has 0 radical (unpaired) electrons. The summed E-state index contributed by atoms with van der Waals surface area (Å²) in [5.74, 6) is 1.07. The zero-order chi connectivity index (χ0) is 17.6. The number of aryl methyl sites for hydroxylation is 1. The minimum absolute atomic E-state index is 0. The first kappa shape index (κ1) is 20.3. The van der Waals surface area contributed by atoms with Crippen molar-refractivity contribution in [1.82, 2.24) is 10.6 Å². The van der Waals surface area contributed by atoms with Crippen LogP contribution in [0.2, 0.25) is 0 Å². The second-order valence-corrected chi connectivity index (χ2v) is 6.77. The number of carbonyl (C=O) groups excluding carboxylic acids is 1. The number of hydrogen-bond acceptors (Lipinski definition) is 3. The van der Waals surface area contributed by atoms with E-state index in [1.807, 2.05) is 37.3 Å². The fraction of sp³-hybridized carbons (Fsp3) is 0.381. The van der Waals surface area contributed by atoms with E-state index in [-0.39, 0.29) is 30.3 Å². The number of benzene rings is 2. The van der Waals surface area contributed by atoms with Crippen LogP contribution in [0, 0.1) is 12.8 Å². The molecule has 0 bridgehead atoms. The van der Waals surface area contributed by atoms with Crippen LogP contribution in [0.4, 0.5) is 0 Å². The number of carbonyl (C=O) groups is 1. The monoisotopic (exact) mass is 374 g/mol. The number of amides is 1. The van der Waals surface area contributed by atoms with Gasteiger partial charge in [-0.3, -0.25) is 4.79 Å². The average Bonchev–Trinajstić information content (AvgIpc) is 3.15. The maximum absolute atomic E-state index is 12.2. The summed E-state index contributed by atoms with van der Waals surface area (Å²) in [6, 6.07) is 16.3. The lowest BCUT2D eigenvalue weighted by molar-refractivity contribution is -0.125. The number of nitrogens with one attached hydrogen (secondary N) is 2. The quantitative estimate of drug-likeness (QED) is 0.808. The molecular formula is C21H27ClN2O2. The standard InChI is InChI=1S/C21H26N2O2.ClH/c1-15-4-3-5-17(12-15)14-25-20-8-6-18(7-9-20)16(2)23-21(24)19-10-11-22-13-19;/h3-9,12,16,19,22H,10-11,13-14H2,1-2H3,(H,23,24);1H. The van der Waals surface area contributed by atoms with Gasteiger partial charge in [0.25, 0.3) is 0 Å². The summed E-state index contributed by atoms with van der Waals surface area (Å²) < 4.78 is 5.85. The number of hydrogen-bond donors (Lipinski definition) is 2. The van der Waals surface area contributed by atoms with Crippen molar-refractivity contribution >= 4 is 18.3 Å². The SMILES string of the molecule is Cc1cccc(COc2ccc(C(C)NC(=O)C3CCNC3)cc2)c1.Cl. The molecule has 1 aliphatic heterocycles. The Morgan fingerprint density at radius 3 is 2.69 bits per heavy atom. The maximum atomic E-state index is 12.2. The fourth-order valence-corrected chi connectivity index (χ4v) is 3.11. The van der Waals surface area contributed by atoms with Gasteiger partial charge in [0.15, 0.2) is 0 Å². The maximum Gasteiger partial charge on any atom is 0.224 e. The molecule has 2 N–H and O–H groups in total. The zero-order valence-electron chi connectivity index (χ0n) is 15.3. The van der Waals surface area contributed by atoms with Crippen LogP contribution in [0.25, 0.3) is 0 Å². The van der Waals surface area contributed by atoms with Crippen LogP contribution < -0.4 is 15.4 Å². The topological polar surface area (TPSA) is 50.4 Å². The van der Waals surface area contributed by atoms with E-state index in [0.717, 1.165) is 36.4 Å². The summed E-state index contributed by atoms with van der Waals surface area (Å²) in [7, 11) is 0. The highest BCUT2D eigenvalue weighted by atomic mass is 35.5. The normalized spacial score (nSPS) is 17.2. The minimum atomic E-state index is -0.000997. The van der Waals surface area contributed by atoms with Crippen LogP contribution in [-0.4, -0.2) is 19.0 Å². The number of ether oxygens (including phenoxy) is 1. The highest BCUT2D eigenvalue weighted by Gasteiger charge is 2.23. The Kier molecular flexibility index (Phi) is 7.49. The van der Waals surface area contributed by atoms with E-state index in [2.05, 4.69) is 35.8 Å². The van der Waals surface area contributed by atoms with Gasteiger partial charge in [0.05, 0.1) is 12.0 Å². The number of halogens is 1. The van der Waals surface area contributed by atoms with Gasteiger partial charge in [0.1, 0.15) is 12.4 Å². The van der Waals surface area contributed by atoms with Gasteiger partial charge < -0.3 is 15.4 Å². The van der Waals surface area contributed by atoms with Gasteiger partial charge in [-0.15, -0.1) is 12.4 Å². The van der Waals surface area contributed by atoms with Crippen molar-refractivity contribution in [2.45, 2.75) is 32.9 Å². The van der Waals surface area contributed by atoms with E-state index in [0.29, 0.717) is 6.61 Å². The molecule has 2 atom stereocenters. The molecule has 2 aromatic rings. The van der Waals surface area contributed by atoms with E-state index in [1.165, 1.54) is 5.56 Å². The van der Waals surface area contributed by atoms with E-state index < -0.39 is 0 Å². The van der Waals surface area contributed by atoms with Crippen LogP contribution in [0.15, 0.2) is 48.5 Å². The molecular weight excluding hydrogens is 348 g/mol. The molecule has 140 valence electrons. The molecule has 0 aliphatic carbocycles. The minimum Gasteiger partial charge on any atom is -0.489 e. The van der Waals surface area contributed by atoms with Crippen molar-refractivity contribution in [3.05, 3.63) is 65.2 Å². The van der Waals surface area contributed by atoms with Gasteiger partial charge >= 0.3 is 0 Å². The van der Waals surface area contributed by atoms with Crippen molar-refractivity contribution in [2.75, 3.05) is 13.1 Å². The predicted octanol–water partition coefficient (Wildman–Crippen LogP) is 3.78. The third-order valence-corrected chi connectivity index (χ3v) is 4.66. The third-order valence-electron chi connectivity index (χ3n) is 4.66. The highest BCUT2D eigenvalue weighted by Crippen LogP contribution is 2.20. The van der Waals surface area contributed by atoms with Crippen LogP contribution in [-0.2, 0) is 11.4 Å². The predicted molar refractivity (Wildman–Crippen MR) is 107 cm³/mol. The van der Waals surface area contributed by atoms with E-state index in [1.54, 1.807) is 0 Å². The molecule has 5 heteroatoms. The molecule has 0 spiro atoms. The first-order valence-corrected chi connectivity index (χ1v) is 8.91. The average molecular weight is 375 g/mol. The first-order chi connectivity index (χ1) is 12.1. The first-order valence-electron chi connectivity index (χ1n) is 8.91. The molecule has 1 heterocycles. The van der Waals surface area contributed by atoms with Crippen LogP contribution in [0.1, 0.15) is 36.1 Å². The Morgan fingerprint density at radius 1 is 1.27 bits per heavy atom. The Labute approximate surface area is 161 Å². The van der Waals surface area contributed by atoms with Gasteiger partial charge in [0.2, 0.25) is 5.91 Å². The van der Waals surface area contributed by atoms with E-state index >= 15 is 0 Å². The molecule has 4 nitrogen and oxygen atoms in total. The molecule has 0 aromatic heterocycles. The van der Waals surface area contributed by atoms with Gasteiger partial charge in [-0.1, -0.05) is 42.0 Å². The molecule has 0 saturated carbocycles. The molecule has 2 aromatic carbocycles. The lowest BCUT2D eigenvalue weighted by atomic mass is 10.1. The summed E-state index contributed by atoms with van der Waals surface area (Å²) in [6.45, 7) is 6.37. The van der Waals surface area contributed by atoms with Crippen molar-refractivity contribution < 1.29 is 9.53 Å². The lowest BCUT2D eigenvalue weighted by Gasteiger charge is -2.17. The highest BCUT2D eigenvalue weighted by molar-refractivity contribution is 5.85. The van der Waals surface area contributed by atoms with Crippen LogP contribution >= 0.6 is 12.4 Å². The molecule has 2 unspecified atom stereocenters. The third kappa shape index (κ3) is 5.48. The van der Waals surface area contributed by atoms with Crippen molar-refractivity contribution in [3.63, 3.8) is 0 Å². The Bertz CT molecular complexity index is 712. The Hall–Kier alpha value is -2.04. The van der Waals surface area contributed by atoms with Crippen molar-refractivity contribution in [3.8, 4) is 5.75 Å². The van der Waals surface area contributed by atoms with Gasteiger partial charge in [0, 0.05) is 6.54 Å². The van der Waals surface area contributed by atoms with Crippen LogP contribution in [0.3, 0.4) is 0 Å². The summed E-state index contributed by atoms with van der Waals surface area (Å²) in [4.78, 5) is 12.2. The second-order valence-electron chi connectivity index (χ2n) is 6.77. The van der Waals surface area contributed by atoms with E-state index in [9.17, 15) is 4.79 Å². The second kappa shape index (κ2) is 9.60. The van der Waals surface area contributed by atoms with Crippen LogP contribution in [0.5, 0.6) is 5.75 Å². The van der Waals surface area contributed by atoms with Gasteiger partial charge in [-0.2, -0.15) is 0 Å². The fourth-order valence-electron chi connectivity index (χ4n) is 3.11. The van der Waals surface area contributed by atoms with Gasteiger partial charge in [-0.25, -0.2) is 0 Å². The largest absolute Gasteiger partial charge is 0.489 e. The molecule has 1 fully saturated rings. The number of rotatable bonds is 6. The lowest BCUT2D eigenvalue weighted by Crippen LogP contribution is -2.33. The molecule has 3 rings (SSSR count). The Morgan fingerprint density at radius 2 is 2.04 bits per heavy atom. The summed E-state index contributed by atoms with van der Waals surface area (Å²) in [5.41, 5.74) is 3.48. The molecule has 1 amide bonds. The summed E-state index contributed by atoms with van der Waals surface area (Å²) in [6.07, 6.45) is 0.921. The van der Waals surface area contributed by atoms with Crippen molar-refractivity contribution in [1.29, 1.82) is 0 Å². The van der Waals surface area contributed by atoms with Gasteiger partial charge in [-0.05, 0) is 50.1 Å².